The molecule has 0 unspecified atom stereocenters. The van der Waals surface area contributed by atoms with E-state index in [2.05, 4.69) is 10.3 Å². The molecule has 12 heavy (non-hydrogen) atoms. The fourth-order valence-electron chi connectivity index (χ4n) is 1.05. The van der Waals surface area contributed by atoms with Crippen LogP contribution in [0.15, 0.2) is 23.2 Å². The molecule has 0 aliphatic carbocycles. The second-order valence-electron chi connectivity index (χ2n) is 2.50. The number of nitrogens with zero attached hydrogens (tertiary/aromatic N) is 1. The number of pyridine rings is 1. The Morgan fingerprint density at radius 3 is 3.42 bits per heavy atom. The maximum absolute atomic E-state index is 11.1. The Hall–Kier alpha value is -1.03. The Labute approximate surface area is 74.6 Å². The summed E-state index contributed by atoms with van der Waals surface area (Å²) in [6, 6.07) is 3.85. The van der Waals surface area contributed by atoms with Crippen LogP contribution >= 0.6 is 11.8 Å². The van der Waals surface area contributed by atoms with Crippen molar-refractivity contribution in [1.29, 1.82) is 0 Å². The summed E-state index contributed by atoms with van der Waals surface area (Å²) >= 11 is 1.67. The average Bonchev–Trinajstić information content (AvgIpc) is 2.25. The first-order chi connectivity index (χ1) is 5.86. The van der Waals surface area contributed by atoms with Gasteiger partial charge in [-0.2, -0.15) is 0 Å². The standard InChI is InChI=1S/C8H8N2OS/c11-7-3-5-12-6-2-1-4-9-8(6)10-7/h1-2,4H,3,5H2,(H,9,10,11). The highest BCUT2D eigenvalue weighted by Gasteiger charge is 2.12. The van der Waals surface area contributed by atoms with E-state index in [0.717, 1.165) is 10.6 Å². The normalized spacial score (nSPS) is 16.2. The van der Waals surface area contributed by atoms with Crippen LogP contribution in [-0.4, -0.2) is 16.6 Å². The second-order valence-corrected chi connectivity index (χ2v) is 3.63. The van der Waals surface area contributed by atoms with Crippen LogP contribution in [0.3, 0.4) is 0 Å². The largest absolute Gasteiger partial charge is 0.310 e. The highest BCUT2D eigenvalue weighted by atomic mass is 32.2. The number of hydrogen-bond acceptors (Lipinski definition) is 3. The lowest BCUT2D eigenvalue weighted by molar-refractivity contribution is -0.115. The van der Waals surface area contributed by atoms with Crippen molar-refractivity contribution in [3.63, 3.8) is 0 Å². The molecule has 2 rings (SSSR count). The number of hydrogen-bond donors (Lipinski definition) is 1. The third-order valence-electron chi connectivity index (χ3n) is 1.62. The Morgan fingerprint density at radius 1 is 1.58 bits per heavy atom. The summed E-state index contributed by atoms with van der Waals surface area (Å²) in [5, 5.41) is 2.75. The smallest absolute Gasteiger partial charge is 0.226 e. The summed E-state index contributed by atoms with van der Waals surface area (Å²) in [7, 11) is 0. The number of fused-ring (bicyclic) bond motifs is 1. The van der Waals surface area contributed by atoms with Gasteiger partial charge < -0.3 is 5.32 Å². The summed E-state index contributed by atoms with van der Waals surface area (Å²) in [6.45, 7) is 0. The summed E-state index contributed by atoms with van der Waals surface area (Å²) in [6.07, 6.45) is 2.26. The highest BCUT2D eigenvalue weighted by Crippen LogP contribution is 2.27. The predicted octanol–water partition coefficient (Wildman–Crippen LogP) is 1.52. The van der Waals surface area contributed by atoms with Gasteiger partial charge in [-0.3, -0.25) is 4.79 Å². The lowest BCUT2D eigenvalue weighted by atomic mass is 10.4. The molecule has 2 heterocycles. The molecule has 0 bridgehead atoms. The van der Waals surface area contributed by atoms with Gasteiger partial charge in [0.2, 0.25) is 5.91 Å². The molecule has 3 nitrogen and oxygen atoms in total. The van der Waals surface area contributed by atoms with Gasteiger partial charge in [0, 0.05) is 18.4 Å². The molecule has 1 aliphatic rings. The van der Waals surface area contributed by atoms with E-state index in [1.807, 2.05) is 12.1 Å². The summed E-state index contributed by atoms with van der Waals surface area (Å²) in [5.74, 6) is 1.59. The van der Waals surface area contributed by atoms with E-state index in [1.165, 1.54) is 0 Å². The number of anilines is 1. The van der Waals surface area contributed by atoms with Gasteiger partial charge in [0.25, 0.3) is 0 Å². The molecule has 0 fully saturated rings. The molecule has 1 aromatic rings. The molecule has 1 N–H and O–H groups in total. The number of rotatable bonds is 0. The summed E-state index contributed by atoms with van der Waals surface area (Å²) in [5.41, 5.74) is 0. The number of thioether (sulfide) groups is 1. The molecule has 62 valence electrons. The Morgan fingerprint density at radius 2 is 2.50 bits per heavy atom. The second kappa shape index (κ2) is 3.15. The monoisotopic (exact) mass is 180 g/mol. The first-order valence-electron chi connectivity index (χ1n) is 3.74. The van der Waals surface area contributed by atoms with Gasteiger partial charge >= 0.3 is 0 Å². The molecule has 1 amide bonds. The average molecular weight is 180 g/mol. The Kier molecular flexibility index (Phi) is 1.99. The van der Waals surface area contributed by atoms with Crippen LogP contribution in [0.1, 0.15) is 6.42 Å². The molecule has 0 spiro atoms. The van der Waals surface area contributed by atoms with Crippen LogP contribution in [0, 0.1) is 0 Å². The van der Waals surface area contributed by atoms with E-state index < -0.39 is 0 Å². The topological polar surface area (TPSA) is 42.0 Å². The van der Waals surface area contributed by atoms with Gasteiger partial charge in [-0.05, 0) is 12.1 Å². The minimum Gasteiger partial charge on any atom is -0.310 e. The van der Waals surface area contributed by atoms with E-state index >= 15 is 0 Å². The zero-order chi connectivity index (χ0) is 8.39. The molecule has 0 saturated heterocycles. The molecule has 1 aromatic heterocycles. The minimum absolute atomic E-state index is 0.0555. The van der Waals surface area contributed by atoms with Crippen LogP contribution in [0.4, 0.5) is 5.82 Å². The maximum atomic E-state index is 11.1. The zero-order valence-corrected chi connectivity index (χ0v) is 7.23. The minimum atomic E-state index is 0.0555. The van der Waals surface area contributed by atoms with Crippen molar-refractivity contribution in [2.45, 2.75) is 11.3 Å². The van der Waals surface area contributed by atoms with Crippen LogP contribution in [-0.2, 0) is 4.79 Å². The van der Waals surface area contributed by atoms with E-state index in [4.69, 9.17) is 0 Å². The molecule has 1 aliphatic heterocycles. The van der Waals surface area contributed by atoms with E-state index in [0.29, 0.717) is 12.2 Å². The summed E-state index contributed by atoms with van der Waals surface area (Å²) in [4.78, 5) is 16.2. The van der Waals surface area contributed by atoms with Crippen molar-refractivity contribution >= 4 is 23.5 Å². The van der Waals surface area contributed by atoms with Crippen molar-refractivity contribution in [3.05, 3.63) is 18.3 Å². The van der Waals surface area contributed by atoms with Crippen molar-refractivity contribution in [1.82, 2.24) is 4.98 Å². The van der Waals surface area contributed by atoms with Crippen molar-refractivity contribution in [2.75, 3.05) is 11.1 Å². The lowest BCUT2D eigenvalue weighted by Gasteiger charge is -2.01. The maximum Gasteiger partial charge on any atom is 0.226 e. The summed E-state index contributed by atoms with van der Waals surface area (Å²) < 4.78 is 0. The fraction of sp³-hybridized carbons (Fsp3) is 0.250. The van der Waals surface area contributed by atoms with Crippen molar-refractivity contribution in [2.24, 2.45) is 0 Å². The zero-order valence-electron chi connectivity index (χ0n) is 6.41. The fourth-order valence-corrected chi connectivity index (χ4v) is 1.97. The first kappa shape index (κ1) is 7.61. The molecule has 0 saturated carbocycles. The van der Waals surface area contributed by atoms with Crippen LogP contribution in [0.25, 0.3) is 0 Å². The van der Waals surface area contributed by atoms with E-state index in [-0.39, 0.29) is 5.91 Å². The van der Waals surface area contributed by atoms with Crippen LogP contribution in [0.5, 0.6) is 0 Å². The van der Waals surface area contributed by atoms with E-state index in [9.17, 15) is 4.79 Å². The quantitative estimate of drug-likeness (QED) is 0.658. The van der Waals surface area contributed by atoms with Gasteiger partial charge in [0.05, 0.1) is 4.90 Å². The molecule has 0 atom stereocenters. The number of aromatic nitrogens is 1. The third kappa shape index (κ3) is 1.43. The molecular formula is C8H8N2OS. The molecule has 4 heteroatoms. The number of carbonyl (C=O) groups excluding carboxylic acids is 1. The van der Waals surface area contributed by atoms with Crippen LogP contribution in [0.2, 0.25) is 0 Å². The van der Waals surface area contributed by atoms with Gasteiger partial charge in [-0.1, -0.05) is 0 Å². The van der Waals surface area contributed by atoms with Crippen LogP contribution < -0.4 is 5.32 Å². The lowest BCUT2D eigenvalue weighted by Crippen LogP contribution is -2.10. The van der Waals surface area contributed by atoms with Gasteiger partial charge in [-0.15, -0.1) is 11.8 Å². The predicted molar refractivity (Wildman–Crippen MR) is 48.2 cm³/mol. The Balaban J connectivity index is 2.37. The first-order valence-corrected chi connectivity index (χ1v) is 4.72. The number of carbonyl (C=O) groups is 1. The Bertz CT molecular complexity index is 314. The third-order valence-corrected chi connectivity index (χ3v) is 2.66. The molecule has 0 radical (unpaired) electrons. The van der Waals surface area contributed by atoms with Crippen molar-refractivity contribution in [3.8, 4) is 0 Å². The van der Waals surface area contributed by atoms with Gasteiger partial charge in [-0.25, -0.2) is 4.98 Å². The molecule has 0 aromatic carbocycles. The number of amides is 1. The SMILES string of the molecule is O=C1CCSc2cccnc2N1. The highest BCUT2D eigenvalue weighted by molar-refractivity contribution is 7.99. The van der Waals surface area contributed by atoms with Gasteiger partial charge in [0.15, 0.2) is 0 Å². The van der Waals surface area contributed by atoms with Gasteiger partial charge in [0.1, 0.15) is 5.82 Å². The van der Waals surface area contributed by atoms with E-state index in [1.54, 1.807) is 18.0 Å². The molecular weight excluding hydrogens is 172 g/mol. The number of nitrogens with one attached hydrogen (secondary N) is 1. The van der Waals surface area contributed by atoms with Crippen molar-refractivity contribution < 1.29 is 4.79 Å².